The molecule has 1 aliphatic carbocycles. The zero-order chi connectivity index (χ0) is 26.0. The van der Waals surface area contributed by atoms with Crippen molar-refractivity contribution in [2.75, 3.05) is 36.4 Å². The van der Waals surface area contributed by atoms with Crippen molar-refractivity contribution in [3.05, 3.63) is 53.1 Å². The predicted molar refractivity (Wildman–Crippen MR) is 148 cm³/mol. The number of halogens is 1. The number of rotatable bonds is 7. The van der Waals surface area contributed by atoms with Crippen LogP contribution in [0.1, 0.15) is 62.2 Å². The van der Waals surface area contributed by atoms with Crippen molar-refractivity contribution in [1.29, 1.82) is 0 Å². The second-order valence-corrected chi connectivity index (χ2v) is 11.6. The van der Waals surface area contributed by atoms with E-state index in [4.69, 9.17) is 11.6 Å². The van der Waals surface area contributed by atoms with E-state index in [9.17, 15) is 14.7 Å². The van der Waals surface area contributed by atoms with Gasteiger partial charge in [0.1, 0.15) is 0 Å². The third-order valence-electron chi connectivity index (χ3n) is 7.89. The largest absolute Gasteiger partial charge is 0.390 e. The van der Waals surface area contributed by atoms with Gasteiger partial charge in [0.15, 0.2) is 0 Å². The number of piperidine rings is 2. The summed E-state index contributed by atoms with van der Waals surface area (Å²) in [6, 6.07) is 13.7. The lowest BCUT2D eigenvalue weighted by Crippen LogP contribution is -2.46. The fourth-order valence-corrected chi connectivity index (χ4v) is 5.45. The van der Waals surface area contributed by atoms with E-state index in [1.807, 2.05) is 54.3 Å². The Kier molecular flexibility index (Phi) is 7.63. The van der Waals surface area contributed by atoms with Crippen LogP contribution in [0.2, 0.25) is 5.02 Å². The molecule has 5 rings (SSSR count). The van der Waals surface area contributed by atoms with Crippen LogP contribution in [0.25, 0.3) is 0 Å². The number of hydrogen-bond donors (Lipinski definition) is 3. The quantitative estimate of drug-likeness (QED) is 0.477. The minimum Gasteiger partial charge on any atom is -0.390 e. The van der Waals surface area contributed by atoms with Gasteiger partial charge in [-0.25, -0.2) is 0 Å². The molecule has 7 nitrogen and oxygen atoms in total. The van der Waals surface area contributed by atoms with Gasteiger partial charge >= 0.3 is 0 Å². The summed E-state index contributed by atoms with van der Waals surface area (Å²) in [5.74, 6) is 0.530. The van der Waals surface area contributed by atoms with E-state index >= 15 is 0 Å². The molecule has 8 heteroatoms. The summed E-state index contributed by atoms with van der Waals surface area (Å²) in [6.07, 6.45) is 5.85. The molecule has 2 amide bonds. The molecular formula is C29H37ClN4O3. The molecule has 2 aliphatic heterocycles. The van der Waals surface area contributed by atoms with Gasteiger partial charge in [0, 0.05) is 54.9 Å². The Morgan fingerprint density at radius 1 is 1.03 bits per heavy atom. The topological polar surface area (TPSA) is 84.9 Å². The summed E-state index contributed by atoms with van der Waals surface area (Å²) >= 11 is 6.22. The van der Waals surface area contributed by atoms with Crippen molar-refractivity contribution in [2.45, 2.75) is 63.5 Å². The standard InChI is InChI=1S/C29H37ClN4O3/c1-29(37)11-15-34(16-12-29)27(35)17-20-9-13-33(14-10-20)26-8-5-21(28(36)32-23-6-7-23)18-25(26)31-24-4-2-3-22(30)19-24/h2-5,8,18-20,23,31,37H,6-7,9-17H2,1H3,(H,32,36). The molecule has 0 bridgehead atoms. The van der Waals surface area contributed by atoms with Crippen LogP contribution >= 0.6 is 11.6 Å². The number of anilines is 3. The van der Waals surface area contributed by atoms with E-state index in [0.29, 0.717) is 54.9 Å². The van der Waals surface area contributed by atoms with Gasteiger partial charge in [-0.15, -0.1) is 0 Å². The summed E-state index contributed by atoms with van der Waals surface area (Å²) < 4.78 is 0. The van der Waals surface area contributed by atoms with Gasteiger partial charge in [0.25, 0.3) is 5.91 Å². The van der Waals surface area contributed by atoms with Gasteiger partial charge < -0.3 is 25.5 Å². The molecule has 198 valence electrons. The number of carbonyl (C=O) groups excluding carboxylic acids is 2. The Hall–Kier alpha value is -2.77. The molecule has 37 heavy (non-hydrogen) atoms. The van der Waals surface area contributed by atoms with Gasteiger partial charge in [-0.05, 0) is 87.8 Å². The molecule has 2 saturated heterocycles. The summed E-state index contributed by atoms with van der Waals surface area (Å²) in [5.41, 5.74) is 2.79. The van der Waals surface area contributed by atoms with Gasteiger partial charge in [-0.1, -0.05) is 17.7 Å². The van der Waals surface area contributed by atoms with Gasteiger partial charge in [-0.3, -0.25) is 9.59 Å². The van der Waals surface area contributed by atoms with Crippen LogP contribution in [0.15, 0.2) is 42.5 Å². The maximum Gasteiger partial charge on any atom is 0.251 e. The smallest absolute Gasteiger partial charge is 0.251 e. The van der Waals surface area contributed by atoms with E-state index in [2.05, 4.69) is 15.5 Å². The maximum atomic E-state index is 12.9. The molecule has 3 aliphatic rings. The first-order valence-corrected chi connectivity index (χ1v) is 13.9. The highest BCUT2D eigenvalue weighted by Gasteiger charge is 2.31. The molecule has 0 atom stereocenters. The Balaban J connectivity index is 1.24. The normalized spacial score (nSPS) is 20.0. The Labute approximate surface area is 224 Å². The molecule has 0 aromatic heterocycles. The molecule has 0 radical (unpaired) electrons. The number of amides is 2. The van der Waals surface area contributed by atoms with Crippen molar-refractivity contribution in [3.63, 3.8) is 0 Å². The minimum absolute atomic E-state index is 0.0420. The molecule has 2 aromatic carbocycles. The SMILES string of the molecule is CC1(O)CCN(C(=O)CC2CCN(c3ccc(C(=O)NC4CC4)cc3Nc3cccc(Cl)c3)CC2)CC1. The van der Waals surface area contributed by atoms with E-state index in [0.717, 1.165) is 55.8 Å². The average molecular weight is 525 g/mol. The minimum atomic E-state index is -0.646. The molecule has 2 heterocycles. The number of benzene rings is 2. The second-order valence-electron chi connectivity index (χ2n) is 11.1. The van der Waals surface area contributed by atoms with Crippen molar-refractivity contribution in [1.82, 2.24) is 10.2 Å². The zero-order valence-corrected chi connectivity index (χ0v) is 22.3. The summed E-state index contributed by atoms with van der Waals surface area (Å²) in [7, 11) is 0. The van der Waals surface area contributed by atoms with Crippen LogP contribution < -0.4 is 15.5 Å². The first-order chi connectivity index (χ1) is 17.8. The zero-order valence-electron chi connectivity index (χ0n) is 21.5. The third kappa shape index (κ3) is 6.76. The summed E-state index contributed by atoms with van der Waals surface area (Å²) in [4.78, 5) is 29.9. The Morgan fingerprint density at radius 3 is 2.43 bits per heavy atom. The van der Waals surface area contributed by atoms with E-state index in [1.54, 1.807) is 0 Å². The molecule has 1 saturated carbocycles. The molecule has 0 unspecified atom stereocenters. The lowest BCUT2D eigenvalue weighted by Gasteiger charge is -2.38. The summed E-state index contributed by atoms with van der Waals surface area (Å²) in [5, 5.41) is 17.4. The average Bonchev–Trinajstić information content (AvgIpc) is 3.68. The molecule has 0 spiro atoms. The Bertz CT molecular complexity index is 1130. The molecule has 3 fully saturated rings. The first-order valence-electron chi connectivity index (χ1n) is 13.5. The highest BCUT2D eigenvalue weighted by atomic mass is 35.5. The van der Waals surface area contributed by atoms with Crippen LogP contribution in [-0.4, -0.2) is 59.6 Å². The van der Waals surface area contributed by atoms with Crippen molar-refractivity contribution >= 4 is 40.5 Å². The number of aliphatic hydroxyl groups is 1. The van der Waals surface area contributed by atoms with Gasteiger partial charge in [0.05, 0.1) is 17.0 Å². The van der Waals surface area contributed by atoms with Crippen molar-refractivity contribution in [2.24, 2.45) is 5.92 Å². The van der Waals surface area contributed by atoms with E-state index in [1.165, 1.54) is 0 Å². The van der Waals surface area contributed by atoms with Crippen molar-refractivity contribution in [3.8, 4) is 0 Å². The monoisotopic (exact) mass is 524 g/mol. The van der Waals surface area contributed by atoms with Gasteiger partial charge in [-0.2, -0.15) is 0 Å². The van der Waals surface area contributed by atoms with Crippen LogP contribution in [0.3, 0.4) is 0 Å². The van der Waals surface area contributed by atoms with Crippen LogP contribution in [0, 0.1) is 5.92 Å². The number of hydrogen-bond acceptors (Lipinski definition) is 5. The number of nitrogens with zero attached hydrogens (tertiary/aromatic N) is 2. The predicted octanol–water partition coefficient (Wildman–Crippen LogP) is 4.96. The van der Waals surface area contributed by atoms with Crippen molar-refractivity contribution < 1.29 is 14.7 Å². The fraction of sp³-hybridized carbons (Fsp3) is 0.517. The Morgan fingerprint density at radius 2 is 1.76 bits per heavy atom. The maximum absolute atomic E-state index is 12.9. The van der Waals surface area contributed by atoms with E-state index in [-0.39, 0.29) is 11.8 Å². The van der Waals surface area contributed by atoms with Crippen LogP contribution in [-0.2, 0) is 4.79 Å². The molecule has 3 N–H and O–H groups in total. The second kappa shape index (κ2) is 10.9. The lowest BCUT2D eigenvalue weighted by molar-refractivity contribution is -0.136. The number of carbonyl (C=O) groups is 2. The first kappa shape index (κ1) is 25.9. The molecular weight excluding hydrogens is 488 g/mol. The number of nitrogens with one attached hydrogen (secondary N) is 2. The number of likely N-dealkylation sites (tertiary alicyclic amines) is 1. The van der Waals surface area contributed by atoms with Gasteiger partial charge in [0.2, 0.25) is 5.91 Å². The third-order valence-corrected chi connectivity index (χ3v) is 8.12. The fourth-order valence-electron chi connectivity index (χ4n) is 5.26. The lowest BCUT2D eigenvalue weighted by atomic mass is 9.90. The van der Waals surface area contributed by atoms with Crippen LogP contribution in [0.5, 0.6) is 0 Å². The summed E-state index contributed by atoms with van der Waals surface area (Å²) in [6.45, 7) is 4.84. The molecule has 2 aromatic rings. The highest BCUT2D eigenvalue weighted by molar-refractivity contribution is 6.30. The van der Waals surface area contributed by atoms with E-state index < -0.39 is 5.60 Å². The van der Waals surface area contributed by atoms with Crippen LogP contribution in [0.4, 0.5) is 17.1 Å². The highest BCUT2D eigenvalue weighted by Crippen LogP contribution is 2.35.